The molecule has 9 heteroatoms. The molecule has 2 aliphatic heterocycles. The second kappa shape index (κ2) is 8.52. The first-order valence-corrected chi connectivity index (χ1v) is 10.0. The van der Waals surface area contributed by atoms with Crippen molar-refractivity contribution in [2.45, 2.75) is 31.7 Å². The lowest BCUT2D eigenvalue weighted by Crippen LogP contribution is -2.30. The molecule has 5 N–H and O–H groups in total. The third-order valence-corrected chi connectivity index (χ3v) is 5.35. The summed E-state index contributed by atoms with van der Waals surface area (Å²) < 4.78 is 7.67. The number of rotatable bonds is 7. The second-order valence-corrected chi connectivity index (χ2v) is 7.48. The van der Waals surface area contributed by atoms with Crippen LogP contribution in [0.2, 0.25) is 0 Å². The first kappa shape index (κ1) is 19.3. The minimum atomic E-state index is -0.247. The zero-order chi connectivity index (χ0) is 20.2. The van der Waals surface area contributed by atoms with Crippen LogP contribution in [-0.4, -0.2) is 46.6 Å². The Balaban J connectivity index is 1.34. The van der Waals surface area contributed by atoms with E-state index >= 15 is 0 Å². The predicted octanol–water partition coefficient (Wildman–Crippen LogP) is 1.78. The lowest BCUT2D eigenvalue weighted by Gasteiger charge is -2.23. The molecule has 0 saturated carbocycles. The third kappa shape index (κ3) is 4.51. The molecule has 0 spiro atoms. The van der Waals surface area contributed by atoms with Gasteiger partial charge in [0.15, 0.2) is 23.3 Å². The van der Waals surface area contributed by atoms with Gasteiger partial charge in [0.25, 0.3) is 0 Å². The van der Waals surface area contributed by atoms with Crippen molar-refractivity contribution in [2.24, 2.45) is 16.5 Å². The van der Waals surface area contributed by atoms with E-state index < -0.39 is 0 Å². The van der Waals surface area contributed by atoms with Crippen LogP contribution in [0.5, 0.6) is 11.5 Å². The number of nitrogens with zero attached hydrogens (tertiary/aromatic N) is 4. The molecule has 3 heterocycles. The van der Waals surface area contributed by atoms with E-state index in [9.17, 15) is 4.79 Å². The molecule has 0 radical (unpaired) electrons. The second-order valence-electron chi connectivity index (χ2n) is 7.48. The molecule has 0 bridgehead atoms. The molecule has 9 nitrogen and oxygen atoms in total. The van der Waals surface area contributed by atoms with Gasteiger partial charge in [0.2, 0.25) is 0 Å². The molecule has 2 aromatic rings. The molecular weight excluding hydrogens is 370 g/mol. The van der Waals surface area contributed by atoms with Crippen LogP contribution in [0, 0.1) is 0 Å². The predicted molar refractivity (Wildman–Crippen MR) is 113 cm³/mol. The number of likely N-dealkylation sites (tertiary alicyclic amines) is 1. The van der Waals surface area contributed by atoms with E-state index in [-0.39, 0.29) is 17.7 Å². The highest BCUT2D eigenvalue weighted by Gasteiger charge is 2.27. The van der Waals surface area contributed by atoms with Crippen molar-refractivity contribution in [2.75, 3.05) is 31.5 Å². The molecule has 1 atom stereocenters. The van der Waals surface area contributed by atoms with Crippen molar-refractivity contribution in [1.29, 1.82) is 0 Å². The summed E-state index contributed by atoms with van der Waals surface area (Å²) in [4.78, 5) is 23.2. The van der Waals surface area contributed by atoms with Crippen molar-refractivity contribution < 1.29 is 4.74 Å². The number of hydrogen-bond donors (Lipinski definition) is 3. The van der Waals surface area contributed by atoms with Crippen LogP contribution in [0.4, 0.5) is 11.5 Å². The number of anilines is 2. The topological polar surface area (TPSA) is 124 Å². The molecule has 1 saturated heterocycles. The summed E-state index contributed by atoms with van der Waals surface area (Å²) in [6.07, 6.45) is 5.87. The monoisotopic (exact) mass is 397 g/mol. The number of hydrogen-bond acceptors (Lipinski definition) is 6. The fraction of sp³-hybridized carbons (Fsp3) is 0.450. The fourth-order valence-corrected chi connectivity index (χ4v) is 3.86. The maximum absolute atomic E-state index is 12.6. The van der Waals surface area contributed by atoms with Gasteiger partial charge in [-0.2, -0.15) is 4.98 Å². The molecule has 1 aromatic heterocycles. The number of benzene rings is 1. The number of fused-ring (bicyclic) bond motifs is 2. The van der Waals surface area contributed by atoms with Crippen molar-refractivity contribution in [1.82, 2.24) is 14.5 Å². The van der Waals surface area contributed by atoms with Gasteiger partial charge in [0, 0.05) is 19.6 Å². The number of nitrogens with two attached hydrogens (primary N) is 2. The van der Waals surface area contributed by atoms with Gasteiger partial charge >= 0.3 is 5.69 Å². The van der Waals surface area contributed by atoms with Gasteiger partial charge in [-0.3, -0.25) is 9.56 Å². The smallest absolute Gasteiger partial charge is 0.350 e. The van der Waals surface area contributed by atoms with Crippen LogP contribution >= 0.6 is 0 Å². The molecule has 154 valence electrons. The zero-order valence-corrected chi connectivity index (χ0v) is 16.4. The summed E-state index contributed by atoms with van der Waals surface area (Å²) in [7, 11) is 0. The van der Waals surface area contributed by atoms with E-state index in [1.807, 2.05) is 24.3 Å². The van der Waals surface area contributed by atoms with Crippen molar-refractivity contribution in [3.05, 3.63) is 40.9 Å². The number of aromatic nitrogens is 2. The third-order valence-electron chi connectivity index (χ3n) is 5.35. The Bertz CT molecular complexity index is 952. The molecule has 29 heavy (non-hydrogen) atoms. The van der Waals surface area contributed by atoms with Gasteiger partial charge in [-0.25, -0.2) is 4.79 Å². The van der Waals surface area contributed by atoms with E-state index in [1.165, 1.54) is 0 Å². The van der Waals surface area contributed by atoms with Crippen molar-refractivity contribution >= 4 is 17.5 Å². The Labute approximate surface area is 169 Å². The fourth-order valence-electron chi connectivity index (χ4n) is 3.86. The highest BCUT2D eigenvalue weighted by Crippen LogP contribution is 2.40. The summed E-state index contributed by atoms with van der Waals surface area (Å²) in [5.74, 6) is 1.95. The molecule has 0 aliphatic carbocycles. The van der Waals surface area contributed by atoms with Crippen LogP contribution in [0.15, 0.2) is 40.2 Å². The van der Waals surface area contributed by atoms with Gasteiger partial charge in [-0.1, -0.05) is 18.6 Å². The summed E-state index contributed by atoms with van der Waals surface area (Å²) in [5, 5.41) is 3.17. The Hall–Kier alpha value is -3.07. The van der Waals surface area contributed by atoms with Crippen LogP contribution < -0.4 is 27.2 Å². The summed E-state index contributed by atoms with van der Waals surface area (Å²) >= 11 is 0. The lowest BCUT2D eigenvalue weighted by molar-refractivity contribution is 0.312. The Morgan fingerprint density at radius 1 is 1.24 bits per heavy atom. The van der Waals surface area contributed by atoms with Gasteiger partial charge < -0.3 is 26.4 Å². The SMILES string of the molecule is NC(N)=NCCCCCN1CC[C@H](n2cc3c(nc2=O)Nc2ccccc2O3)C1. The van der Waals surface area contributed by atoms with Crippen LogP contribution in [-0.2, 0) is 0 Å². The first-order valence-electron chi connectivity index (χ1n) is 10.0. The lowest BCUT2D eigenvalue weighted by atomic mass is 10.2. The van der Waals surface area contributed by atoms with Crippen LogP contribution in [0.3, 0.4) is 0 Å². The standard InChI is InChI=1S/C20H27N7O2/c21-19(22)23-9-4-1-5-10-26-11-8-14(12-26)27-13-17-18(25-20(27)28)24-15-6-2-3-7-16(15)29-17/h2-3,6-7,13-14H,1,4-5,8-12H2,(H4,21,22,23)(H,24,25,28)/t14-/m0/s1. The largest absolute Gasteiger partial charge is 0.450 e. The van der Waals surface area contributed by atoms with E-state index in [2.05, 4.69) is 20.2 Å². The van der Waals surface area contributed by atoms with Gasteiger partial charge in [-0.15, -0.1) is 0 Å². The maximum Gasteiger partial charge on any atom is 0.350 e. The Morgan fingerprint density at radius 2 is 2.10 bits per heavy atom. The minimum Gasteiger partial charge on any atom is -0.450 e. The molecule has 0 unspecified atom stereocenters. The number of unbranched alkanes of at least 4 members (excludes halogenated alkanes) is 2. The first-order chi connectivity index (χ1) is 14.1. The van der Waals surface area contributed by atoms with Gasteiger partial charge in [-0.05, 0) is 37.9 Å². The number of para-hydroxylation sites is 2. The van der Waals surface area contributed by atoms with E-state index in [1.54, 1.807) is 10.8 Å². The van der Waals surface area contributed by atoms with E-state index in [4.69, 9.17) is 16.2 Å². The van der Waals surface area contributed by atoms with Gasteiger partial charge in [0.1, 0.15) is 0 Å². The maximum atomic E-state index is 12.6. The Morgan fingerprint density at radius 3 is 2.97 bits per heavy atom. The highest BCUT2D eigenvalue weighted by atomic mass is 16.5. The Kier molecular flexibility index (Phi) is 5.66. The number of ether oxygens (including phenoxy) is 1. The van der Waals surface area contributed by atoms with Crippen LogP contribution in [0.1, 0.15) is 31.7 Å². The minimum absolute atomic E-state index is 0.114. The number of guanidine groups is 1. The van der Waals surface area contributed by atoms with Crippen molar-refractivity contribution in [3.8, 4) is 11.5 Å². The van der Waals surface area contributed by atoms with Crippen molar-refractivity contribution in [3.63, 3.8) is 0 Å². The van der Waals surface area contributed by atoms with E-state index in [0.717, 1.165) is 56.8 Å². The van der Waals surface area contributed by atoms with Crippen LogP contribution in [0.25, 0.3) is 0 Å². The summed E-state index contributed by atoms with van der Waals surface area (Å²) in [6, 6.07) is 7.74. The highest BCUT2D eigenvalue weighted by molar-refractivity contribution is 5.75. The normalized spacial score (nSPS) is 17.7. The molecular formula is C20H27N7O2. The average Bonchev–Trinajstić information content (AvgIpc) is 3.17. The summed E-state index contributed by atoms with van der Waals surface area (Å²) in [6.45, 7) is 3.51. The number of nitrogens with one attached hydrogen (secondary N) is 1. The van der Waals surface area contributed by atoms with Gasteiger partial charge in [0.05, 0.1) is 17.9 Å². The van der Waals surface area contributed by atoms with E-state index in [0.29, 0.717) is 18.1 Å². The molecule has 1 fully saturated rings. The zero-order valence-electron chi connectivity index (χ0n) is 16.4. The molecule has 1 aromatic carbocycles. The average molecular weight is 397 g/mol. The number of aliphatic imine (C=N–C) groups is 1. The molecule has 4 rings (SSSR count). The summed E-state index contributed by atoms with van der Waals surface area (Å²) in [5.41, 5.74) is 11.2. The molecule has 2 aliphatic rings. The quantitative estimate of drug-likeness (QED) is 0.315. The molecule has 0 amide bonds.